The summed E-state index contributed by atoms with van der Waals surface area (Å²) in [5.74, 6) is 2.35. The number of methoxy groups -OCH3 is 1. The number of hydrogen-bond donors (Lipinski definition) is 1. The molecule has 3 heterocycles. The number of rotatable bonds is 3. The van der Waals surface area contributed by atoms with Crippen molar-refractivity contribution in [1.29, 1.82) is 0 Å². The van der Waals surface area contributed by atoms with Gasteiger partial charge in [0.2, 0.25) is 5.95 Å². The molecule has 0 saturated heterocycles. The van der Waals surface area contributed by atoms with Crippen LogP contribution in [0, 0.1) is 6.92 Å². The molecule has 2 atom stereocenters. The molecule has 0 amide bonds. The van der Waals surface area contributed by atoms with Gasteiger partial charge in [0.25, 0.3) is 0 Å². The Morgan fingerprint density at radius 2 is 1.81 bits per heavy atom. The minimum Gasteiger partial charge on any atom is -0.497 e. The first-order valence-electron chi connectivity index (χ1n) is 10.6. The minimum atomic E-state index is -0.276. The van der Waals surface area contributed by atoms with E-state index in [9.17, 15) is 0 Å². The normalized spacial score (nSPS) is 18.7. The Kier molecular flexibility index (Phi) is 4.24. The zero-order valence-corrected chi connectivity index (χ0v) is 17.8. The largest absolute Gasteiger partial charge is 0.497 e. The number of ether oxygens (including phenoxy) is 2. The van der Waals surface area contributed by atoms with E-state index in [1.54, 1.807) is 13.4 Å². The highest BCUT2D eigenvalue weighted by Crippen LogP contribution is 2.50. The van der Waals surface area contributed by atoms with Crippen molar-refractivity contribution in [1.82, 2.24) is 14.8 Å². The standard InChI is InChI=1S/C26H22N4O2/c1-16-10-12-17(13-11-16)25-22-23(20-8-3-4-9-21(20)32-25)29-26-27-15-28-30(26)24(22)18-6-5-7-19(14-18)31-2/h3-15,24-25H,1-2H3,(H,27,28,29). The van der Waals surface area contributed by atoms with E-state index in [1.165, 1.54) is 5.56 Å². The molecule has 1 aromatic heterocycles. The number of fused-ring (bicyclic) bond motifs is 3. The van der Waals surface area contributed by atoms with Crippen molar-refractivity contribution in [3.63, 3.8) is 0 Å². The Balaban J connectivity index is 1.62. The van der Waals surface area contributed by atoms with Crippen LogP contribution >= 0.6 is 0 Å². The van der Waals surface area contributed by atoms with Gasteiger partial charge in [0, 0.05) is 11.1 Å². The molecule has 3 aromatic carbocycles. The van der Waals surface area contributed by atoms with Crippen LogP contribution in [0.3, 0.4) is 0 Å². The molecule has 0 saturated carbocycles. The van der Waals surface area contributed by atoms with E-state index in [4.69, 9.17) is 9.47 Å². The van der Waals surface area contributed by atoms with Crippen LogP contribution in [-0.2, 0) is 0 Å². The van der Waals surface area contributed by atoms with Crippen LogP contribution in [0.2, 0.25) is 0 Å². The Hall–Kier alpha value is -4.06. The van der Waals surface area contributed by atoms with Crippen LogP contribution < -0.4 is 14.8 Å². The summed E-state index contributed by atoms with van der Waals surface area (Å²) >= 11 is 0. The van der Waals surface area contributed by atoms with Crippen molar-refractivity contribution in [3.8, 4) is 11.5 Å². The van der Waals surface area contributed by atoms with Gasteiger partial charge in [-0.25, -0.2) is 4.68 Å². The number of anilines is 1. The van der Waals surface area contributed by atoms with Gasteiger partial charge in [-0.05, 0) is 42.3 Å². The summed E-state index contributed by atoms with van der Waals surface area (Å²) in [5.41, 5.74) is 6.50. The molecule has 0 spiro atoms. The fraction of sp³-hybridized carbons (Fsp3) is 0.154. The number of hydrogen-bond acceptors (Lipinski definition) is 5. The van der Waals surface area contributed by atoms with E-state index in [-0.39, 0.29) is 12.1 Å². The van der Waals surface area contributed by atoms with E-state index < -0.39 is 0 Å². The Bertz CT molecular complexity index is 1340. The number of para-hydroxylation sites is 1. The summed E-state index contributed by atoms with van der Waals surface area (Å²) in [6.45, 7) is 2.09. The highest BCUT2D eigenvalue weighted by molar-refractivity contribution is 5.85. The average molecular weight is 422 g/mol. The molecule has 0 bridgehead atoms. The highest BCUT2D eigenvalue weighted by atomic mass is 16.5. The van der Waals surface area contributed by atoms with Gasteiger partial charge in [-0.3, -0.25) is 0 Å². The van der Waals surface area contributed by atoms with Gasteiger partial charge in [0.1, 0.15) is 30.0 Å². The van der Waals surface area contributed by atoms with E-state index >= 15 is 0 Å². The number of nitrogens with zero attached hydrogens (tertiary/aromatic N) is 3. The topological polar surface area (TPSA) is 61.2 Å². The first-order chi connectivity index (χ1) is 15.7. The first kappa shape index (κ1) is 18.7. The van der Waals surface area contributed by atoms with E-state index in [0.29, 0.717) is 5.95 Å². The van der Waals surface area contributed by atoms with E-state index in [1.807, 2.05) is 35.0 Å². The van der Waals surface area contributed by atoms with Crippen LogP contribution in [0.15, 0.2) is 84.7 Å². The molecule has 4 aromatic rings. The lowest BCUT2D eigenvalue weighted by Gasteiger charge is -2.39. The lowest BCUT2D eigenvalue weighted by Crippen LogP contribution is -2.32. The Labute approximate surface area is 186 Å². The molecule has 6 heteroatoms. The van der Waals surface area contributed by atoms with Crippen molar-refractivity contribution in [2.75, 3.05) is 12.4 Å². The number of nitrogens with one attached hydrogen (secondary N) is 1. The van der Waals surface area contributed by atoms with Gasteiger partial charge in [0.05, 0.1) is 12.8 Å². The van der Waals surface area contributed by atoms with Crippen molar-refractivity contribution in [2.45, 2.75) is 19.1 Å². The Morgan fingerprint density at radius 3 is 2.66 bits per heavy atom. The molecule has 2 aliphatic heterocycles. The van der Waals surface area contributed by atoms with Gasteiger partial charge in [0.15, 0.2) is 0 Å². The number of benzene rings is 3. The van der Waals surface area contributed by atoms with Crippen molar-refractivity contribution in [2.24, 2.45) is 0 Å². The van der Waals surface area contributed by atoms with E-state index in [0.717, 1.165) is 39.5 Å². The molecular formula is C26H22N4O2. The maximum Gasteiger partial charge on any atom is 0.226 e. The fourth-order valence-electron chi connectivity index (χ4n) is 4.57. The molecule has 2 aliphatic rings. The average Bonchev–Trinajstić information content (AvgIpc) is 3.31. The number of aromatic nitrogens is 3. The molecule has 0 aliphatic carbocycles. The number of aryl methyl sites for hydroxylation is 1. The predicted molar refractivity (Wildman–Crippen MR) is 123 cm³/mol. The second-order valence-electron chi connectivity index (χ2n) is 8.07. The highest BCUT2D eigenvalue weighted by Gasteiger charge is 2.40. The van der Waals surface area contributed by atoms with Gasteiger partial charge < -0.3 is 14.8 Å². The van der Waals surface area contributed by atoms with Crippen LogP contribution in [-0.4, -0.2) is 21.9 Å². The van der Waals surface area contributed by atoms with Crippen LogP contribution in [0.4, 0.5) is 5.95 Å². The zero-order valence-electron chi connectivity index (χ0n) is 17.8. The predicted octanol–water partition coefficient (Wildman–Crippen LogP) is 5.16. The monoisotopic (exact) mass is 422 g/mol. The summed E-state index contributed by atoms with van der Waals surface area (Å²) in [4.78, 5) is 4.48. The summed E-state index contributed by atoms with van der Waals surface area (Å²) in [6.07, 6.45) is 1.31. The summed E-state index contributed by atoms with van der Waals surface area (Å²) in [5, 5.41) is 8.10. The molecule has 1 N–H and O–H groups in total. The first-order valence-corrected chi connectivity index (χ1v) is 10.6. The second-order valence-corrected chi connectivity index (χ2v) is 8.07. The molecule has 6 nitrogen and oxygen atoms in total. The van der Waals surface area contributed by atoms with Gasteiger partial charge in [-0.1, -0.05) is 54.1 Å². The minimum absolute atomic E-state index is 0.196. The SMILES string of the molecule is COc1cccc(C2C3=C(Nc4ncnn42)c2ccccc2OC3c2ccc(C)cc2)c1. The maximum absolute atomic E-state index is 6.64. The molecule has 158 valence electrons. The quantitative estimate of drug-likeness (QED) is 0.494. The van der Waals surface area contributed by atoms with Gasteiger partial charge in [-0.2, -0.15) is 10.1 Å². The smallest absolute Gasteiger partial charge is 0.226 e. The zero-order chi connectivity index (χ0) is 21.7. The third kappa shape index (κ3) is 2.87. The molecule has 0 fully saturated rings. The summed E-state index contributed by atoms with van der Waals surface area (Å²) in [7, 11) is 1.68. The Morgan fingerprint density at radius 1 is 0.969 bits per heavy atom. The lowest BCUT2D eigenvalue weighted by atomic mass is 9.84. The lowest BCUT2D eigenvalue weighted by molar-refractivity contribution is 0.223. The molecule has 32 heavy (non-hydrogen) atoms. The summed E-state index contributed by atoms with van der Waals surface area (Å²) < 4.78 is 14.1. The molecule has 0 radical (unpaired) electrons. The van der Waals surface area contributed by atoms with Crippen molar-refractivity contribution < 1.29 is 9.47 Å². The van der Waals surface area contributed by atoms with Crippen LogP contribution in [0.25, 0.3) is 5.70 Å². The van der Waals surface area contributed by atoms with Gasteiger partial charge >= 0.3 is 0 Å². The van der Waals surface area contributed by atoms with Crippen molar-refractivity contribution >= 4 is 11.6 Å². The van der Waals surface area contributed by atoms with E-state index in [2.05, 4.69) is 64.8 Å². The second kappa shape index (κ2) is 7.27. The van der Waals surface area contributed by atoms with Crippen molar-refractivity contribution in [3.05, 3.63) is 107 Å². The fourth-order valence-corrected chi connectivity index (χ4v) is 4.57. The maximum atomic E-state index is 6.64. The third-order valence-corrected chi connectivity index (χ3v) is 6.11. The molecule has 2 unspecified atom stereocenters. The van der Waals surface area contributed by atoms with Gasteiger partial charge in [-0.15, -0.1) is 0 Å². The molecular weight excluding hydrogens is 400 g/mol. The van der Waals surface area contributed by atoms with Crippen LogP contribution in [0.1, 0.15) is 34.4 Å². The summed E-state index contributed by atoms with van der Waals surface area (Å²) in [6, 6.07) is 24.6. The van der Waals surface area contributed by atoms with Crippen LogP contribution in [0.5, 0.6) is 11.5 Å². The third-order valence-electron chi connectivity index (χ3n) is 6.11. The molecule has 6 rings (SSSR count).